The summed E-state index contributed by atoms with van der Waals surface area (Å²) >= 11 is 1.21. The lowest BCUT2D eigenvalue weighted by Crippen LogP contribution is -2.40. The summed E-state index contributed by atoms with van der Waals surface area (Å²) in [7, 11) is 0. The lowest BCUT2D eigenvalue weighted by atomic mass is 9.93. The van der Waals surface area contributed by atoms with Gasteiger partial charge < -0.3 is 9.47 Å². The van der Waals surface area contributed by atoms with Crippen molar-refractivity contribution in [3.05, 3.63) is 127 Å². The Hall–Kier alpha value is -4.74. The first-order chi connectivity index (χ1) is 19.0. The molecule has 0 radical (unpaired) electrons. The predicted octanol–water partition coefficient (Wildman–Crippen LogP) is 4.09. The normalized spacial score (nSPS) is 14.8. The van der Waals surface area contributed by atoms with E-state index in [2.05, 4.69) is 5.92 Å². The molecule has 0 N–H and O–H groups in total. The van der Waals surface area contributed by atoms with Gasteiger partial charge in [-0.2, -0.15) is 0 Å². The standard InChI is InChI=1S/C31H23FN2O4S/c1-3-18-38-24-16-10-20(11-17-24)19-25-29(35)34-28(22-12-14-23(32)15-13-22)26(30(36)37-4-2)27(33-31(34)39-25)21-8-6-5-7-9-21/h1,5-17,19,28H,4,18H2,2H3/b25-19-/t28-/m0/s1. The second-order valence-electron chi connectivity index (χ2n) is 8.54. The Balaban J connectivity index is 1.73. The minimum absolute atomic E-state index is 0.145. The van der Waals surface area contributed by atoms with Gasteiger partial charge >= 0.3 is 5.97 Å². The van der Waals surface area contributed by atoms with Crippen molar-refractivity contribution in [1.29, 1.82) is 0 Å². The van der Waals surface area contributed by atoms with Crippen molar-refractivity contribution in [1.82, 2.24) is 4.57 Å². The van der Waals surface area contributed by atoms with Crippen molar-refractivity contribution >= 4 is 29.1 Å². The third-order valence-corrected chi connectivity index (χ3v) is 7.04. The summed E-state index contributed by atoms with van der Waals surface area (Å²) < 4.78 is 26.6. The van der Waals surface area contributed by atoms with E-state index in [1.54, 1.807) is 37.3 Å². The summed E-state index contributed by atoms with van der Waals surface area (Å²) in [5.74, 6) is 2.02. The quantitative estimate of drug-likeness (QED) is 0.263. The van der Waals surface area contributed by atoms with Crippen molar-refractivity contribution < 1.29 is 18.7 Å². The lowest BCUT2D eigenvalue weighted by molar-refractivity contribution is -0.138. The van der Waals surface area contributed by atoms with E-state index in [4.69, 9.17) is 20.9 Å². The molecule has 6 nitrogen and oxygen atoms in total. The van der Waals surface area contributed by atoms with Gasteiger partial charge in [-0.1, -0.05) is 71.9 Å². The number of carbonyl (C=O) groups is 1. The molecule has 2 heterocycles. The summed E-state index contributed by atoms with van der Waals surface area (Å²) in [6.07, 6.45) is 7.01. The van der Waals surface area contributed by atoms with Crippen LogP contribution in [0.4, 0.5) is 4.39 Å². The van der Waals surface area contributed by atoms with E-state index in [1.807, 2.05) is 42.5 Å². The molecule has 0 amide bonds. The summed E-state index contributed by atoms with van der Waals surface area (Å²) in [5, 5.41) is 0. The molecule has 0 unspecified atom stereocenters. The van der Waals surface area contributed by atoms with Gasteiger partial charge in [-0.3, -0.25) is 9.36 Å². The molecule has 5 rings (SSSR count). The molecule has 1 aromatic heterocycles. The SMILES string of the molecule is C#CCOc1ccc(/C=c2\sc3n(c2=O)[C@@H](c2ccc(F)cc2)C(C(=O)OCC)=C(c2ccccc2)N=3)cc1. The Morgan fingerprint density at radius 1 is 1.10 bits per heavy atom. The molecule has 0 aliphatic carbocycles. The van der Waals surface area contributed by atoms with Gasteiger partial charge in [0.25, 0.3) is 5.56 Å². The maximum atomic E-state index is 13.9. The van der Waals surface area contributed by atoms with E-state index in [9.17, 15) is 14.0 Å². The third-order valence-electron chi connectivity index (χ3n) is 6.06. The summed E-state index contributed by atoms with van der Waals surface area (Å²) in [6, 6.07) is 21.3. The molecule has 39 heavy (non-hydrogen) atoms. The van der Waals surface area contributed by atoms with Gasteiger partial charge in [0.05, 0.1) is 28.5 Å². The van der Waals surface area contributed by atoms with Crippen LogP contribution in [-0.2, 0) is 9.53 Å². The van der Waals surface area contributed by atoms with E-state index >= 15 is 0 Å². The number of fused-ring (bicyclic) bond motifs is 1. The molecule has 0 saturated carbocycles. The lowest BCUT2D eigenvalue weighted by Gasteiger charge is -2.25. The van der Waals surface area contributed by atoms with Crippen molar-refractivity contribution in [2.45, 2.75) is 13.0 Å². The van der Waals surface area contributed by atoms with Crippen LogP contribution in [0.25, 0.3) is 11.8 Å². The molecule has 1 atom stereocenters. The molecule has 0 fully saturated rings. The van der Waals surface area contributed by atoms with Crippen molar-refractivity contribution in [3.63, 3.8) is 0 Å². The van der Waals surface area contributed by atoms with Gasteiger partial charge in [-0.05, 0) is 48.4 Å². The van der Waals surface area contributed by atoms with Crippen LogP contribution in [0.15, 0.2) is 94.2 Å². The van der Waals surface area contributed by atoms with Crippen LogP contribution in [0.1, 0.15) is 29.7 Å². The minimum Gasteiger partial charge on any atom is -0.481 e. The second-order valence-corrected chi connectivity index (χ2v) is 9.55. The maximum Gasteiger partial charge on any atom is 0.338 e. The highest BCUT2D eigenvalue weighted by Crippen LogP contribution is 2.35. The topological polar surface area (TPSA) is 69.9 Å². The summed E-state index contributed by atoms with van der Waals surface area (Å²) in [5.41, 5.74) is 2.34. The molecule has 1 aliphatic rings. The van der Waals surface area contributed by atoms with Crippen LogP contribution in [0, 0.1) is 18.2 Å². The molecule has 0 saturated heterocycles. The van der Waals surface area contributed by atoms with Crippen LogP contribution in [0.3, 0.4) is 0 Å². The number of halogens is 1. The number of hydrogen-bond donors (Lipinski definition) is 0. The fraction of sp³-hybridized carbons (Fsp3) is 0.129. The average Bonchev–Trinajstić information content (AvgIpc) is 3.27. The van der Waals surface area contributed by atoms with Gasteiger partial charge in [-0.15, -0.1) is 6.42 Å². The van der Waals surface area contributed by atoms with Crippen LogP contribution in [0.2, 0.25) is 0 Å². The zero-order valence-electron chi connectivity index (χ0n) is 21.0. The third kappa shape index (κ3) is 5.31. The summed E-state index contributed by atoms with van der Waals surface area (Å²) in [6.45, 7) is 2.02. The highest BCUT2D eigenvalue weighted by molar-refractivity contribution is 7.07. The maximum absolute atomic E-state index is 13.9. The fourth-order valence-electron chi connectivity index (χ4n) is 4.34. The van der Waals surface area contributed by atoms with Gasteiger partial charge in [0.2, 0.25) is 0 Å². The zero-order chi connectivity index (χ0) is 27.4. The van der Waals surface area contributed by atoms with Crippen LogP contribution in [-0.4, -0.2) is 23.8 Å². The van der Waals surface area contributed by atoms with Crippen molar-refractivity contribution in [3.8, 4) is 18.1 Å². The average molecular weight is 539 g/mol. The van der Waals surface area contributed by atoms with E-state index in [0.29, 0.717) is 31.9 Å². The number of nitrogens with zero attached hydrogens (tertiary/aromatic N) is 2. The molecule has 1 aliphatic heterocycles. The van der Waals surface area contributed by atoms with E-state index in [-0.39, 0.29) is 24.3 Å². The number of thiazole rings is 1. The Labute approximate surface area is 228 Å². The highest BCUT2D eigenvalue weighted by atomic mass is 32.1. The molecule has 8 heteroatoms. The van der Waals surface area contributed by atoms with E-state index in [0.717, 1.165) is 5.56 Å². The molecule has 0 spiro atoms. The zero-order valence-corrected chi connectivity index (χ0v) is 21.8. The van der Waals surface area contributed by atoms with E-state index in [1.165, 1.54) is 28.0 Å². The number of aromatic nitrogens is 1. The highest BCUT2D eigenvalue weighted by Gasteiger charge is 2.35. The number of ether oxygens (including phenoxy) is 2. The van der Waals surface area contributed by atoms with Gasteiger partial charge in [0.15, 0.2) is 4.80 Å². The van der Waals surface area contributed by atoms with Crippen molar-refractivity contribution in [2.24, 2.45) is 4.99 Å². The number of benzene rings is 3. The van der Waals surface area contributed by atoms with Gasteiger partial charge in [-0.25, -0.2) is 14.2 Å². The Morgan fingerprint density at radius 3 is 2.49 bits per heavy atom. The molecule has 194 valence electrons. The minimum atomic E-state index is -0.863. The van der Waals surface area contributed by atoms with Crippen LogP contribution >= 0.6 is 11.3 Å². The smallest absolute Gasteiger partial charge is 0.338 e. The first-order valence-electron chi connectivity index (χ1n) is 12.2. The largest absolute Gasteiger partial charge is 0.481 e. The predicted molar refractivity (Wildman–Crippen MR) is 148 cm³/mol. The first kappa shape index (κ1) is 25.9. The van der Waals surface area contributed by atoms with Gasteiger partial charge in [0, 0.05) is 5.56 Å². The molecular weight excluding hydrogens is 515 g/mol. The van der Waals surface area contributed by atoms with Gasteiger partial charge in [0.1, 0.15) is 18.2 Å². The Kier molecular flexibility index (Phi) is 7.53. The van der Waals surface area contributed by atoms with Crippen LogP contribution < -0.4 is 19.6 Å². The van der Waals surface area contributed by atoms with Crippen LogP contribution in [0.5, 0.6) is 5.75 Å². The number of carbonyl (C=O) groups excluding carboxylic acids is 1. The molecule has 4 aromatic rings. The molecule has 0 bridgehead atoms. The monoisotopic (exact) mass is 538 g/mol. The van der Waals surface area contributed by atoms with Crippen molar-refractivity contribution in [2.75, 3.05) is 13.2 Å². The molecule has 3 aromatic carbocycles. The Morgan fingerprint density at radius 2 is 1.82 bits per heavy atom. The first-order valence-corrected chi connectivity index (χ1v) is 13.0. The van der Waals surface area contributed by atoms with E-state index < -0.39 is 17.8 Å². The Bertz CT molecular complexity index is 1760. The number of terminal acetylenes is 1. The number of rotatable bonds is 7. The second kappa shape index (κ2) is 11.3. The summed E-state index contributed by atoms with van der Waals surface area (Å²) in [4.78, 5) is 32.4. The number of esters is 1. The number of hydrogen-bond acceptors (Lipinski definition) is 6. The molecular formula is C31H23FN2O4S. The fourth-order valence-corrected chi connectivity index (χ4v) is 5.34.